The van der Waals surface area contributed by atoms with Crippen LogP contribution in [0.15, 0.2) is 200 Å². The Kier molecular flexibility index (Phi) is 9.65. The number of nitrogens with one attached hydrogen (secondary N) is 2. The lowest BCUT2D eigenvalue weighted by Crippen LogP contribution is -2.00. The summed E-state index contributed by atoms with van der Waals surface area (Å²) in [6.07, 6.45) is 1.46. The van der Waals surface area contributed by atoms with Gasteiger partial charge < -0.3 is 5.41 Å². The van der Waals surface area contributed by atoms with Crippen LogP contribution in [0.4, 0.5) is 0 Å². The minimum Gasteiger partial charge on any atom is -0.308 e. The first-order valence-corrected chi connectivity index (χ1v) is 18.5. The molecular formula is C50H36N2S. The number of hydrogen-bond acceptors (Lipinski definition) is 3. The third-order valence-electron chi connectivity index (χ3n) is 9.55. The summed E-state index contributed by atoms with van der Waals surface area (Å²) in [6.45, 7) is 0. The fourth-order valence-corrected chi connectivity index (χ4v) is 7.87. The van der Waals surface area contributed by atoms with Gasteiger partial charge in [0.2, 0.25) is 0 Å². The molecule has 0 amide bonds. The fraction of sp³-hybridized carbons (Fsp3) is 0. The normalized spacial score (nSPS) is 10.8. The molecule has 9 rings (SSSR count). The molecule has 0 unspecified atom stereocenters. The molecule has 252 valence electrons. The lowest BCUT2D eigenvalue weighted by atomic mass is 9.96. The average molecular weight is 697 g/mol. The van der Waals surface area contributed by atoms with Crippen LogP contribution in [0.5, 0.6) is 0 Å². The number of rotatable bonds is 7. The van der Waals surface area contributed by atoms with Crippen LogP contribution >= 0.6 is 11.3 Å². The van der Waals surface area contributed by atoms with E-state index in [4.69, 9.17) is 10.8 Å². The predicted octanol–water partition coefficient (Wildman–Crippen LogP) is 13.8. The van der Waals surface area contributed by atoms with Gasteiger partial charge in [-0.1, -0.05) is 176 Å². The van der Waals surface area contributed by atoms with Gasteiger partial charge in [0, 0.05) is 37.5 Å². The molecule has 0 saturated carbocycles. The Morgan fingerprint density at radius 1 is 0.377 bits per heavy atom. The highest BCUT2D eigenvalue weighted by molar-refractivity contribution is 7.25. The van der Waals surface area contributed by atoms with Crippen molar-refractivity contribution in [1.82, 2.24) is 0 Å². The van der Waals surface area contributed by atoms with Crippen LogP contribution in [0.3, 0.4) is 0 Å². The lowest BCUT2D eigenvalue weighted by Gasteiger charge is -2.08. The Labute approximate surface area is 314 Å². The molecule has 0 saturated heterocycles. The smallest absolute Gasteiger partial charge is 0.0684 e. The van der Waals surface area contributed by atoms with Crippen molar-refractivity contribution in [2.45, 2.75) is 0 Å². The third kappa shape index (κ3) is 7.25. The summed E-state index contributed by atoms with van der Waals surface area (Å²) < 4.78 is 2.49. The molecule has 0 radical (unpaired) electrons. The van der Waals surface area contributed by atoms with Gasteiger partial charge in [-0.15, -0.1) is 11.3 Å². The highest BCUT2D eigenvalue weighted by Gasteiger charge is 2.10. The van der Waals surface area contributed by atoms with E-state index in [0.29, 0.717) is 5.71 Å². The SMILES string of the molecule is N=C(c1ccccc1)c1ccc(-c2ccccc2)cc1.N=Cc1cccc2sc3ccc(-c4ccc(-c5cccc(-c6ccccc6)c5)cc4)cc3c12. The zero-order valence-corrected chi connectivity index (χ0v) is 29.9. The van der Waals surface area contributed by atoms with E-state index >= 15 is 0 Å². The van der Waals surface area contributed by atoms with Gasteiger partial charge in [-0.2, -0.15) is 0 Å². The molecule has 0 spiro atoms. The summed E-state index contributed by atoms with van der Waals surface area (Å²) in [7, 11) is 0. The van der Waals surface area contributed by atoms with Gasteiger partial charge in [0.05, 0.1) is 5.71 Å². The topological polar surface area (TPSA) is 47.7 Å². The molecule has 3 heteroatoms. The summed E-state index contributed by atoms with van der Waals surface area (Å²) in [5, 5.41) is 18.5. The molecule has 0 aliphatic heterocycles. The van der Waals surface area contributed by atoms with Crippen molar-refractivity contribution in [2.75, 3.05) is 0 Å². The van der Waals surface area contributed by atoms with Crippen LogP contribution in [-0.2, 0) is 0 Å². The zero-order valence-electron chi connectivity index (χ0n) is 29.0. The molecule has 0 atom stereocenters. The lowest BCUT2D eigenvalue weighted by molar-refractivity contribution is 1.45. The van der Waals surface area contributed by atoms with E-state index in [9.17, 15) is 0 Å². The molecule has 2 N–H and O–H groups in total. The van der Waals surface area contributed by atoms with Crippen LogP contribution in [-0.4, -0.2) is 11.9 Å². The van der Waals surface area contributed by atoms with Crippen molar-refractivity contribution in [1.29, 1.82) is 10.8 Å². The highest BCUT2D eigenvalue weighted by atomic mass is 32.1. The number of hydrogen-bond donors (Lipinski definition) is 2. The number of thiophene rings is 1. The van der Waals surface area contributed by atoms with E-state index in [2.05, 4.69) is 121 Å². The van der Waals surface area contributed by atoms with Gasteiger partial charge in [0.15, 0.2) is 0 Å². The maximum atomic E-state index is 8.25. The first kappa shape index (κ1) is 33.5. The van der Waals surface area contributed by atoms with Crippen LogP contribution in [0.2, 0.25) is 0 Å². The molecule has 2 nitrogen and oxygen atoms in total. The first-order valence-electron chi connectivity index (χ1n) is 17.7. The quantitative estimate of drug-likeness (QED) is 0.156. The highest BCUT2D eigenvalue weighted by Crippen LogP contribution is 2.38. The van der Waals surface area contributed by atoms with Gasteiger partial charge in [-0.3, -0.25) is 5.41 Å². The second kappa shape index (κ2) is 15.3. The van der Waals surface area contributed by atoms with E-state index < -0.39 is 0 Å². The summed E-state index contributed by atoms with van der Waals surface area (Å²) in [4.78, 5) is 0. The molecule has 0 bridgehead atoms. The molecule has 1 heterocycles. The van der Waals surface area contributed by atoms with Crippen LogP contribution in [0.25, 0.3) is 64.7 Å². The molecule has 0 fully saturated rings. The van der Waals surface area contributed by atoms with E-state index in [1.165, 1.54) is 70.9 Å². The average Bonchev–Trinajstić information content (AvgIpc) is 3.63. The standard InChI is InChI=1S/C31H21NS.C19H15N/c32-20-27-10-5-11-30-31(27)28-19-26(16-17-29(28)33-30)23-14-12-22(13-15-23)25-9-4-8-24(18-25)21-6-2-1-3-7-21;20-19(17-9-5-2-6-10-17)18-13-11-16(12-14-18)15-7-3-1-4-8-15/h1-20,32H;1-14,20H. The van der Waals surface area contributed by atoms with Gasteiger partial charge in [0.25, 0.3) is 0 Å². The number of benzene rings is 8. The minimum atomic E-state index is 0.560. The molecule has 53 heavy (non-hydrogen) atoms. The Morgan fingerprint density at radius 3 is 1.42 bits per heavy atom. The first-order chi connectivity index (χ1) is 26.1. The third-order valence-corrected chi connectivity index (χ3v) is 10.7. The van der Waals surface area contributed by atoms with E-state index in [-0.39, 0.29) is 0 Å². The van der Waals surface area contributed by atoms with Gasteiger partial charge >= 0.3 is 0 Å². The van der Waals surface area contributed by atoms with Crippen molar-refractivity contribution < 1.29 is 0 Å². The van der Waals surface area contributed by atoms with Crippen molar-refractivity contribution in [3.63, 3.8) is 0 Å². The summed E-state index contributed by atoms with van der Waals surface area (Å²) in [6, 6.07) is 69.2. The molecule has 0 aliphatic carbocycles. The van der Waals surface area contributed by atoms with Crippen LogP contribution in [0.1, 0.15) is 16.7 Å². The van der Waals surface area contributed by atoms with E-state index in [0.717, 1.165) is 16.7 Å². The van der Waals surface area contributed by atoms with E-state index in [1.807, 2.05) is 78.9 Å². The maximum absolute atomic E-state index is 8.25. The number of fused-ring (bicyclic) bond motifs is 3. The van der Waals surface area contributed by atoms with Gasteiger partial charge in [-0.05, 0) is 74.3 Å². The Morgan fingerprint density at radius 2 is 0.811 bits per heavy atom. The van der Waals surface area contributed by atoms with E-state index in [1.54, 1.807) is 11.3 Å². The van der Waals surface area contributed by atoms with Gasteiger partial charge in [0.1, 0.15) is 0 Å². The molecule has 0 aliphatic rings. The Hall–Kier alpha value is -6.68. The summed E-state index contributed by atoms with van der Waals surface area (Å²) in [5.41, 5.74) is 13.1. The minimum absolute atomic E-state index is 0.560. The zero-order chi connectivity index (χ0) is 36.0. The summed E-state index contributed by atoms with van der Waals surface area (Å²) in [5.74, 6) is 0. The van der Waals surface area contributed by atoms with Crippen molar-refractivity contribution >= 4 is 43.4 Å². The Balaban J connectivity index is 0.000000171. The van der Waals surface area contributed by atoms with Crippen molar-refractivity contribution in [2.24, 2.45) is 0 Å². The second-order valence-corrected chi connectivity index (χ2v) is 14.0. The summed E-state index contributed by atoms with van der Waals surface area (Å²) >= 11 is 1.79. The largest absolute Gasteiger partial charge is 0.308 e. The molecule has 1 aromatic heterocycles. The predicted molar refractivity (Wildman–Crippen MR) is 228 cm³/mol. The van der Waals surface area contributed by atoms with Gasteiger partial charge in [-0.25, -0.2) is 0 Å². The van der Waals surface area contributed by atoms with Crippen LogP contribution in [0, 0.1) is 10.8 Å². The molecular weight excluding hydrogens is 661 g/mol. The maximum Gasteiger partial charge on any atom is 0.0684 e. The monoisotopic (exact) mass is 696 g/mol. The Bertz CT molecular complexity index is 2660. The fourth-order valence-electron chi connectivity index (χ4n) is 6.75. The van der Waals surface area contributed by atoms with Crippen LogP contribution < -0.4 is 0 Å². The molecule has 9 aromatic rings. The van der Waals surface area contributed by atoms with Crippen molar-refractivity contribution in [3.8, 4) is 44.5 Å². The van der Waals surface area contributed by atoms with Crippen molar-refractivity contribution in [3.05, 3.63) is 217 Å². The second-order valence-electron chi connectivity index (χ2n) is 12.9. The molecule has 8 aromatic carbocycles.